The van der Waals surface area contributed by atoms with Crippen LogP contribution >= 0.6 is 0 Å². The van der Waals surface area contributed by atoms with Gasteiger partial charge in [0.2, 0.25) is 0 Å². The summed E-state index contributed by atoms with van der Waals surface area (Å²) in [6, 6.07) is 0. The molecule has 2 saturated carbocycles. The molecule has 0 aromatic rings. The van der Waals surface area contributed by atoms with Crippen LogP contribution in [0.2, 0.25) is 0 Å². The molecule has 0 aromatic heterocycles. The lowest BCUT2D eigenvalue weighted by Gasteiger charge is -2.50. The van der Waals surface area contributed by atoms with E-state index in [0.29, 0.717) is 0 Å². The second kappa shape index (κ2) is 3.48. The number of methoxy groups -OCH3 is 1. The van der Waals surface area contributed by atoms with Crippen LogP contribution in [-0.2, 0) is 9.53 Å². The Balaban J connectivity index is 2.21. The van der Waals surface area contributed by atoms with Crippen molar-refractivity contribution in [1.82, 2.24) is 0 Å². The van der Waals surface area contributed by atoms with Gasteiger partial charge in [-0.1, -0.05) is 13.3 Å². The summed E-state index contributed by atoms with van der Waals surface area (Å²) in [5.74, 6) is -0.783. The van der Waals surface area contributed by atoms with E-state index in [9.17, 15) is 9.90 Å². The van der Waals surface area contributed by atoms with Gasteiger partial charge in [-0.2, -0.15) is 0 Å². The van der Waals surface area contributed by atoms with Crippen LogP contribution in [0.15, 0.2) is 0 Å². The fourth-order valence-electron chi connectivity index (χ4n) is 3.58. The standard InChI is InChI=1S/C12H20O3/c1-3-11(5-4-6-11)12(7-8-12)9(15-2)10(13)14/h9H,3-8H2,1-2H3,(H,13,14). The Kier molecular flexibility index (Phi) is 2.53. The summed E-state index contributed by atoms with van der Waals surface area (Å²) in [5, 5.41) is 9.20. The van der Waals surface area contributed by atoms with E-state index in [1.807, 2.05) is 0 Å². The van der Waals surface area contributed by atoms with Crippen molar-refractivity contribution in [2.24, 2.45) is 10.8 Å². The number of carbonyl (C=O) groups is 1. The average Bonchev–Trinajstić information content (AvgIpc) is 2.85. The Morgan fingerprint density at radius 1 is 1.40 bits per heavy atom. The van der Waals surface area contributed by atoms with E-state index in [0.717, 1.165) is 19.3 Å². The first kappa shape index (κ1) is 10.9. The van der Waals surface area contributed by atoms with Gasteiger partial charge in [-0.25, -0.2) is 4.79 Å². The SMILES string of the molecule is CCC1(C2(C(OC)C(=O)O)CC2)CCC1. The summed E-state index contributed by atoms with van der Waals surface area (Å²) in [7, 11) is 1.53. The highest BCUT2D eigenvalue weighted by Gasteiger charge is 2.66. The molecule has 2 aliphatic carbocycles. The van der Waals surface area contributed by atoms with Gasteiger partial charge in [0.1, 0.15) is 0 Å². The predicted molar refractivity (Wildman–Crippen MR) is 56.7 cm³/mol. The van der Waals surface area contributed by atoms with Crippen molar-refractivity contribution in [2.75, 3.05) is 7.11 Å². The van der Waals surface area contributed by atoms with Crippen molar-refractivity contribution in [3.05, 3.63) is 0 Å². The van der Waals surface area contributed by atoms with Crippen LogP contribution in [0.3, 0.4) is 0 Å². The maximum Gasteiger partial charge on any atom is 0.333 e. The molecule has 1 unspecified atom stereocenters. The predicted octanol–water partition coefficient (Wildman–Crippen LogP) is 2.45. The number of aliphatic carboxylic acids is 1. The largest absolute Gasteiger partial charge is 0.479 e. The molecule has 3 heteroatoms. The summed E-state index contributed by atoms with van der Waals surface area (Å²) in [4.78, 5) is 11.2. The average molecular weight is 212 g/mol. The van der Waals surface area contributed by atoms with Crippen LogP contribution in [0.25, 0.3) is 0 Å². The molecule has 0 spiro atoms. The van der Waals surface area contributed by atoms with E-state index < -0.39 is 12.1 Å². The highest BCUT2D eigenvalue weighted by molar-refractivity contribution is 5.74. The zero-order chi connectivity index (χ0) is 11.1. The van der Waals surface area contributed by atoms with Crippen molar-refractivity contribution < 1.29 is 14.6 Å². The molecule has 1 atom stereocenters. The summed E-state index contributed by atoms with van der Waals surface area (Å²) >= 11 is 0. The number of carboxylic acids is 1. The number of ether oxygens (including phenoxy) is 1. The van der Waals surface area contributed by atoms with Crippen LogP contribution in [0.1, 0.15) is 45.4 Å². The lowest BCUT2D eigenvalue weighted by Crippen LogP contribution is -2.48. The summed E-state index contributed by atoms with van der Waals surface area (Å²) in [6.45, 7) is 2.19. The van der Waals surface area contributed by atoms with Crippen molar-refractivity contribution in [2.45, 2.75) is 51.6 Å². The van der Waals surface area contributed by atoms with Crippen LogP contribution in [0.4, 0.5) is 0 Å². The maximum absolute atomic E-state index is 11.2. The molecule has 0 saturated heterocycles. The summed E-state index contributed by atoms with van der Waals surface area (Å²) in [6.07, 6.45) is 6.22. The third-order valence-corrected chi connectivity index (χ3v) is 4.79. The van der Waals surface area contributed by atoms with Crippen LogP contribution < -0.4 is 0 Å². The molecular formula is C12H20O3. The van der Waals surface area contributed by atoms with Gasteiger partial charge in [0.25, 0.3) is 0 Å². The molecular weight excluding hydrogens is 192 g/mol. The molecule has 2 aliphatic rings. The Morgan fingerprint density at radius 2 is 2.00 bits per heavy atom. The number of rotatable bonds is 5. The quantitative estimate of drug-likeness (QED) is 0.761. The van der Waals surface area contributed by atoms with Gasteiger partial charge in [-0.05, 0) is 37.5 Å². The van der Waals surface area contributed by atoms with E-state index >= 15 is 0 Å². The van der Waals surface area contributed by atoms with Crippen molar-refractivity contribution in [1.29, 1.82) is 0 Å². The van der Waals surface area contributed by atoms with Gasteiger partial charge >= 0.3 is 5.97 Å². The topological polar surface area (TPSA) is 46.5 Å². The minimum absolute atomic E-state index is 0.0411. The highest BCUT2D eigenvalue weighted by atomic mass is 16.5. The van der Waals surface area contributed by atoms with Crippen molar-refractivity contribution in [3.63, 3.8) is 0 Å². The fraction of sp³-hybridized carbons (Fsp3) is 0.917. The lowest BCUT2D eigenvalue weighted by molar-refractivity contribution is -0.162. The fourth-order valence-corrected chi connectivity index (χ4v) is 3.58. The molecule has 0 aliphatic heterocycles. The van der Waals surface area contributed by atoms with E-state index in [4.69, 9.17) is 4.74 Å². The lowest BCUT2D eigenvalue weighted by atomic mass is 9.56. The molecule has 1 N–H and O–H groups in total. The first-order chi connectivity index (χ1) is 7.12. The summed E-state index contributed by atoms with van der Waals surface area (Å²) in [5.41, 5.74) is 0.229. The second-order valence-electron chi connectivity index (χ2n) is 5.10. The highest BCUT2D eigenvalue weighted by Crippen LogP contribution is 2.70. The molecule has 2 rings (SSSR count). The monoisotopic (exact) mass is 212 g/mol. The first-order valence-corrected chi connectivity index (χ1v) is 5.87. The zero-order valence-corrected chi connectivity index (χ0v) is 9.58. The Hall–Kier alpha value is -0.570. The molecule has 0 aromatic carbocycles. The number of hydrogen-bond acceptors (Lipinski definition) is 2. The third kappa shape index (κ3) is 1.32. The number of carboxylic acid groups (broad SMARTS) is 1. The van der Waals surface area contributed by atoms with Crippen molar-refractivity contribution in [3.8, 4) is 0 Å². The third-order valence-electron chi connectivity index (χ3n) is 4.79. The van der Waals surface area contributed by atoms with Gasteiger partial charge in [-0.3, -0.25) is 0 Å². The zero-order valence-electron chi connectivity index (χ0n) is 9.58. The second-order valence-corrected chi connectivity index (χ2v) is 5.10. The molecule has 15 heavy (non-hydrogen) atoms. The van der Waals surface area contributed by atoms with Gasteiger partial charge in [0.15, 0.2) is 6.10 Å². The van der Waals surface area contributed by atoms with Gasteiger partial charge < -0.3 is 9.84 Å². The molecule has 0 heterocycles. The van der Waals surface area contributed by atoms with Gasteiger partial charge in [-0.15, -0.1) is 0 Å². The molecule has 0 amide bonds. The minimum Gasteiger partial charge on any atom is -0.479 e. The first-order valence-electron chi connectivity index (χ1n) is 5.87. The van der Waals surface area contributed by atoms with E-state index in [1.165, 1.54) is 26.4 Å². The molecule has 2 fully saturated rings. The Morgan fingerprint density at radius 3 is 2.20 bits per heavy atom. The van der Waals surface area contributed by atoms with Gasteiger partial charge in [0.05, 0.1) is 0 Å². The van der Waals surface area contributed by atoms with E-state index in [-0.39, 0.29) is 10.8 Å². The van der Waals surface area contributed by atoms with Crippen LogP contribution in [0, 0.1) is 10.8 Å². The van der Waals surface area contributed by atoms with Crippen LogP contribution in [-0.4, -0.2) is 24.3 Å². The minimum atomic E-state index is -0.783. The smallest absolute Gasteiger partial charge is 0.333 e. The Bertz CT molecular complexity index is 259. The summed E-state index contributed by atoms with van der Waals surface area (Å²) < 4.78 is 5.22. The molecule has 0 bridgehead atoms. The maximum atomic E-state index is 11.2. The normalized spacial score (nSPS) is 27.9. The van der Waals surface area contributed by atoms with E-state index in [2.05, 4.69) is 6.92 Å². The van der Waals surface area contributed by atoms with Gasteiger partial charge in [0, 0.05) is 12.5 Å². The molecule has 0 radical (unpaired) electrons. The molecule has 3 nitrogen and oxygen atoms in total. The van der Waals surface area contributed by atoms with E-state index in [1.54, 1.807) is 0 Å². The van der Waals surface area contributed by atoms with Crippen molar-refractivity contribution >= 4 is 5.97 Å². The van der Waals surface area contributed by atoms with Crippen LogP contribution in [0.5, 0.6) is 0 Å². The molecule has 86 valence electrons. The number of hydrogen-bond donors (Lipinski definition) is 1. The Labute approximate surface area is 90.8 Å².